The second kappa shape index (κ2) is 4.63. The van der Waals surface area contributed by atoms with Crippen molar-refractivity contribution in [1.29, 1.82) is 5.26 Å². The number of carbonyl (C=O) groups is 1. The van der Waals surface area contributed by atoms with Crippen molar-refractivity contribution in [2.75, 3.05) is 5.73 Å². The molecule has 0 unspecified atom stereocenters. The van der Waals surface area contributed by atoms with Crippen molar-refractivity contribution in [3.05, 3.63) is 53.3 Å². The standard InChI is InChI=1S/C13H11N3O2/c14-7-10-4-2-6-16(10)8-9-3-1-5-11(15)12(9)13(17)18/h1-6H,8,15H2,(H,17,18). The van der Waals surface area contributed by atoms with Gasteiger partial charge in [-0.25, -0.2) is 4.79 Å². The highest BCUT2D eigenvalue weighted by molar-refractivity contribution is 5.95. The molecule has 0 aliphatic heterocycles. The fraction of sp³-hybridized carbons (Fsp3) is 0.0769. The molecule has 2 rings (SSSR count). The second-order valence-corrected chi connectivity index (χ2v) is 3.82. The largest absolute Gasteiger partial charge is 0.478 e. The van der Waals surface area contributed by atoms with Gasteiger partial charge in [0.15, 0.2) is 0 Å². The molecule has 0 atom stereocenters. The van der Waals surface area contributed by atoms with Gasteiger partial charge >= 0.3 is 5.97 Å². The Kier molecular flexibility index (Phi) is 3.02. The van der Waals surface area contributed by atoms with E-state index in [1.165, 1.54) is 0 Å². The lowest BCUT2D eigenvalue weighted by molar-refractivity contribution is 0.0697. The molecule has 5 heteroatoms. The third kappa shape index (κ3) is 2.04. The molecule has 0 radical (unpaired) electrons. The van der Waals surface area contributed by atoms with Gasteiger partial charge in [-0.1, -0.05) is 12.1 Å². The van der Waals surface area contributed by atoms with Crippen LogP contribution in [0.1, 0.15) is 21.6 Å². The van der Waals surface area contributed by atoms with E-state index in [4.69, 9.17) is 16.1 Å². The smallest absolute Gasteiger partial charge is 0.338 e. The normalized spacial score (nSPS) is 9.94. The average Bonchev–Trinajstić information content (AvgIpc) is 2.76. The van der Waals surface area contributed by atoms with Crippen LogP contribution in [0, 0.1) is 11.3 Å². The van der Waals surface area contributed by atoms with Crippen LogP contribution in [0.15, 0.2) is 36.5 Å². The van der Waals surface area contributed by atoms with Gasteiger partial charge in [-0.2, -0.15) is 5.26 Å². The van der Waals surface area contributed by atoms with E-state index in [1.54, 1.807) is 41.1 Å². The monoisotopic (exact) mass is 241 g/mol. The first-order chi connectivity index (χ1) is 8.63. The van der Waals surface area contributed by atoms with Crippen molar-refractivity contribution < 1.29 is 9.90 Å². The molecule has 3 N–H and O–H groups in total. The molecule has 0 saturated carbocycles. The molecule has 0 amide bonds. The molecule has 0 bridgehead atoms. The van der Waals surface area contributed by atoms with Crippen LogP contribution in [0.5, 0.6) is 0 Å². The number of nitrogen functional groups attached to an aromatic ring is 1. The lowest BCUT2D eigenvalue weighted by Crippen LogP contribution is -2.10. The number of hydrogen-bond donors (Lipinski definition) is 2. The van der Waals surface area contributed by atoms with E-state index in [0.29, 0.717) is 17.8 Å². The van der Waals surface area contributed by atoms with Crippen LogP contribution in [0.2, 0.25) is 0 Å². The number of rotatable bonds is 3. The van der Waals surface area contributed by atoms with Gasteiger partial charge in [0, 0.05) is 18.4 Å². The fourth-order valence-corrected chi connectivity index (χ4v) is 1.85. The van der Waals surface area contributed by atoms with Crippen LogP contribution >= 0.6 is 0 Å². The van der Waals surface area contributed by atoms with Crippen molar-refractivity contribution in [3.8, 4) is 6.07 Å². The predicted octanol–water partition coefficient (Wildman–Crippen LogP) is 1.69. The van der Waals surface area contributed by atoms with Crippen LogP contribution in [0.25, 0.3) is 0 Å². The summed E-state index contributed by atoms with van der Waals surface area (Å²) < 4.78 is 1.68. The van der Waals surface area contributed by atoms with Crippen molar-refractivity contribution >= 4 is 11.7 Å². The molecule has 18 heavy (non-hydrogen) atoms. The maximum atomic E-state index is 11.2. The molecule has 90 valence electrons. The Morgan fingerprint density at radius 1 is 1.39 bits per heavy atom. The minimum Gasteiger partial charge on any atom is -0.478 e. The molecule has 0 spiro atoms. The van der Waals surface area contributed by atoms with E-state index in [-0.39, 0.29) is 11.3 Å². The molecule has 5 nitrogen and oxygen atoms in total. The maximum absolute atomic E-state index is 11.2. The summed E-state index contributed by atoms with van der Waals surface area (Å²) in [6.45, 7) is 0.308. The summed E-state index contributed by atoms with van der Waals surface area (Å²) in [5, 5.41) is 18.1. The second-order valence-electron chi connectivity index (χ2n) is 3.82. The van der Waals surface area contributed by atoms with Gasteiger partial charge in [0.1, 0.15) is 11.8 Å². The van der Waals surface area contributed by atoms with E-state index in [1.807, 2.05) is 6.07 Å². The first-order valence-electron chi connectivity index (χ1n) is 5.29. The van der Waals surface area contributed by atoms with Crippen LogP contribution in [0.4, 0.5) is 5.69 Å². The number of aromatic nitrogens is 1. The number of aromatic carboxylic acids is 1. The molecule has 2 aromatic rings. The van der Waals surface area contributed by atoms with Gasteiger partial charge in [-0.15, -0.1) is 0 Å². The average molecular weight is 241 g/mol. The van der Waals surface area contributed by atoms with Crippen molar-refractivity contribution in [2.45, 2.75) is 6.54 Å². The summed E-state index contributed by atoms with van der Waals surface area (Å²) in [4.78, 5) is 11.2. The van der Waals surface area contributed by atoms with Crippen molar-refractivity contribution in [1.82, 2.24) is 4.57 Å². The molecule has 1 aromatic heterocycles. The fourth-order valence-electron chi connectivity index (χ4n) is 1.85. The van der Waals surface area contributed by atoms with Crippen LogP contribution in [-0.4, -0.2) is 15.6 Å². The van der Waals surface area contributed by atoms with Crippen LogP contribution in [0.3, 0.4) is 0 Å². The summed E-state index contributed by atoms with van der Waals surface area (Å²) in [6, 6.07) is 10.4. The highest BCUT2D eigenvalue weighted by atomic mass is 16.4. The Labute approximate surface area is 104 Å². The third-order valence-corrected chi connectivity index (χ3v) is 2.68. The minimum atomic E-state index is -1.06. The summed E-state index contributed by atoms with van der Waals surface area (Å²) in [6.07, 6.45) is 1.73. The Bertz CT molecular complexity index is 638. The van der Waals surface area contributed by atoms with E-state index in [0.717, 1.165) is 0 Å². The number of nitrogens with zero attached hydrogens (tertiary/aromatic N) is 2. The van der Waals surface area contributed by atoms with E-state index in [9.17, 15) is 4.79 Å². The number of nitriles is 1. The van der Waals surface area contributed by atoms with E-state index < -0.39 is 5.97 Å². The number of carboxylic acids is 1. The van der Waals surface area contributed by atoms with Gasteiger partial charge in [-0.05, 0) is 23.8 Å². The van der Waals surface area contributed by atoms with Crippen LogP contribution in [-0.2, 0) is 6.54 Å². The highest BCUT2D eigenvalue weighted by Crippen LogP contribution is 2.19. The first-order valence-corrected chi connectivity index (χ1v) is 5.29. The number of nitrogens with two attached hydrogens (primary N) is 1. The SMILES string of the molecule is N#Cc1cccn1Cc1cccc(N)c1C(=O)O. The zero-order chi connectivity index (χ0) is 13.1. The number of benzene rings is 1. The molecule has 0 saturated heterocycles. The lowest BCUT2D eigenvalue weighted by Gasteiger charge is -2.10. The van der Waals surface area contributed by atoms with Gasteiger partial charge in [-0.3, -0.25) is 0 Å². The first kappa shape index (κ1) is 11.7. The molecule has 0 fully saturated rings. The molecule has 1 heterocycles. The quantitative estimate of drug-likeness (QED) is 0.800. The molecule has 0 aliphatic rings. The van der Waals surface area contributed by atoms with E-state index in [2.05, 4.69) is 0 Å². The topological polar surface area (TPSA) is 92.0 Å². The molecular formula is C13H11N3O2. The molecule has 0 aliphatic carbocycles. The highest BCUT2D eigenvalue weighted by Gasteiger charge is 2.14. The Morgan fingerprint density at radius 3 is 2.83 bits per heavy atom. The number of anilines is 1. The van der Waals surface area contributed by atoms with Crippen molar-refractivity contribution in [2.24, 2.45) is 0 Å². The third-order valence-electron chi connectivity index (χ3n) is 2.68. The van der Waals surface area contributed by atoms with Gasteiger partial charge < -0.3 is 15.4 Å². The summed E-state index contributed by atoms with van der Waals surface area (Å²) in [7, 11) is 0. The Balaban J connectivity index is 2.45. The van der Waals surface area contributed by atoms with Gasteiger partial charge in [0.05, 0.1) is 5.56 Å². The predicted molar refractivity (Wildman–Crippen MR) is 66.1 cm³/mol. The van der Waals surface area contributed by atoms with Crippen LogP contribution < -0.4 is 5.73 Å². The van der Waals surface area contributed by atoms with E-state index >= 15 is 0 Å². The summed E-state index contributed by atoms with van der Waals surface area (Å²) in [5.41, 5.74) is 7.05. The zero-order valence-corrected chi connectivity index (χ0v) is 9.50. The zero-order valence-electron chi connectivity index (χ0n) is 9.50. The minimum absolute atomic E-state index is 0.0927. The number of carboxylic acid groups (broad SMARTS) is 1. The number of hydrogen-bond acceptors (Lipinski definition) is 3. The molecule has 1 aromatic carbocycles. The summed E-state index contributed by atoms with van der Waals surface area (Å²) >= 11 is 0. The summed E-state index contributed by atoms with van der Waals surface area (Å²) in [5.74, 6) is -1.06. The van der Waals surface area contributed by atoms with Gasteiger partial charge in [0.25, 0.3) is 0 Å². The van der Waals surface area contributed by atoms with Gasteiger partial charge in [0.2, 0.25) is 0 Å². The molecular weight excluding hydrogens is 230 g/mol. The Morgan fingerprint density at radius 2 is 2.17 bits per heavy atom. The van der Waals surface area contributed by atoms with Crippen molar-refractivity contribution in [3.63, 3.8) is 0 Å². The Hall–Kier alpha value is -2.74. The maximum Gasteiger partial charge on any atom is 0.338 e. The lowest BCUT2D eigenvalue weighted by atomic mass is 10.1.